The van der Waals surface area contributed by atoms with Crippen molar-refractivity contribution in [1.82, 2.24) is 5.32 Å². The lowest BCUT2D eigenvalue weighted by atomic mass is 10.1. The molecule has 0 aromatic rings. The van der Waals surface area contributed by atoms with Gasteiger partial charge in [0.05, 0.1) is 6.07 Å². The molecule has 0 aliphatic carbocycles. The molecule has 1 aliphatic heterocycles. The van der Waals surface area contributed by atoms with Crippen LogP contribution in [0.15, 0.2) is 0 Å². The summed E-state index contributed by atoms with van der Waals surface area (Å²) in [4.78, 5) is 0. The van der Waals surface area contributed by atoms with Crippen molar-refractivity contribution in [3.8, 4) is 6.07 Å². The lowest BCUT2D eigenvalue weighted by molar-refractivity contribution is 0.584. The summed E-state index contributed by atoms with van der Waals surface area (Å²) in [6.07, 6.45) is 0.692. The summed E-state index contributed by atoms with van der Waals surface area (Å²) in [6.45, 7) is 3.22. The molecule has 1 N–H and O–H groups in total. The molecule has 8 heavy (non-hydrogen) atoms. The number of nitrogens with zero attached hydrogens (tertiary/aromatic N) is 1. The summed E-state index contributed by atoms with van der Waals surface area (Å²) in [7, 11) is 0. The predicted molar refractivity (Wildman–Crippen MR) is 31.2 cm³/mol. The van der Waals surface area contributed by atoms with Gasteiger partial charge in [-0.3, -0.25) is 0 Å². The Balaban J connectivity index is 2.15. The monoisotopic (exact) mass is 110 g/mol. The van der Waals surface area contributed by atoms with E-state index in [1.54, 1.807) is 0 Å². The molecule has 0 spiro atoms. The van der Waals surface area contributed by atoms with Crippen LogP contribution >= 0.6 is 0 Å². The van der Waals surface area contributed by atoms with Crippen LogP contribution in [0.1, 0.15) is 13.3 Å². The molecule has 0 amide bonds. The van der Waals surface area contributed by atoms with E-state index in [2.05, 4.69) is 18.3 Å². The average molecular weight is 110 g/mol. The molecule has 0 bridgehead atoms. The summed E-state index contributed by atoms with van der Waals surface area (Å²) in [6, 6.07) is 2.80. The van der Waals surface area contributed by atoms with Crippen LogP contribution in [0.5, 0.6) is 0 Å². The van der Waals surface area contributed by atoms with Gasteiger partial charge >= 0.3 is 0 Å². The van der Waals surface area contributed by atoms with Crippen LogP contribution in [0.25, 0.3) is 0 Å². The number of nitrogens with one attached hydrogen (secondary N) is 1. The van der Waals surface area contributed by atoms with Gasteiger partial charge in [-0.25, -0.2) is 0 Å². The normalized spacial score (nSPS) is 28.8. The van der Waals surface area contributed by atoms with Gasteiger partial charge in [-0.2, -0.15) is 5.26 Å². The zero-order valence-corrected chi connectivity index (χ0v) is 5.02. The number of hydrogen-bond donors (Lipinski definition) is 1. The molecule has 2 unspecified atom stereocenters. The van der Waals surface area contributed by atoms with Crippen molar-refractivity contribution in [3.63, 3.8) is 0 Å². The molecule has 1 heterocycles. The Bertz CT molecular complexity index is 110. The molecule has 0 aromatic carbocycles. The van der Waals surface area contributed by atoms with Gasteiger partial charge in [0.25, 0.3) is 0 Å². The van der Waals surface area contributed by atoms with E-state index in [0.717, 1.165) is 6.54 Å². The van der Waals surface area contributed by atoms with Crippen LogP contribution in [-0.4, -0.2) is 12.6 Å². The van der Waals surface area contributed by atoms with Crippen molar-refractivity contribution in [2.24, 2.45) is 5.92 Å². The Kier molecular flexibility index (Phi) is 1.50. The fourth-order valence-corrected chi connectivity index (χ4v) is 0.757. The van der Waals surface area contributed by atoms with Gasteiger partial charge in [0, 0.05) is 19.0 Å². The van der Waals surface area contributed by atoms with Gasteiger partial charge in [0.15, 0.2) is 0 Å². The molecule has 0 aromatic heterocycles. The third-order valence-electron chi connectivity index (χ3n) is 1.54. The van der Waals surface area contributed by atoms with Crippen LogP contribution < -0.4 is 5.32 Å². The summed E-state index contributed by atoms with van der Waals surface area (Å²) in [5.41, 5.74) is 0. The average Bonchev–Trinajstić information content (AvgIpc) is 2.45. The molecule has 0 saturated carbocycles. The molecule has 1 rings (SSSR count). The smallest absolute Gasteiger partial charge is 0.0625 e. The van der Waals surface area contributed by atoms with Gasteiger partial charge < -0.3 is 5.32 Å². The SMILES string of the molecule is CC(CC#N)C1CN1. The molecular formula is C6H10N2. The highest BCUT2D eigenvalue weighted by Crippen LogP contribution is 2.13. The first-order valence-corrected chi connectivity index (χ1v) is 2.95. The maximum atomic E-state index is 8.24. The largest absolute Gasteiger partial charge is 0.311 e. The molecule has 1 aliphatic rings. The van der Waals surface area contributed by atoms with E-state index in [0.29, 0.717) is 18.4 Å². The zero-order chi connectivity index (χ0) is 5.98. The van der Waals surface area contributed by atoms with E-state index >= 15 is 0 Å². The van der Waals surface area contributed by atoms with Crippen molar-refractivity contribution >= 4 is 0 Å². The fourth-order valence-electron chi connectivity index (χ4n) is 0.757. The second-order valence-electron chi connectivity index (χ2n) is 2.35. The van der Waals surface area contributed by atoms with Crippen LogP contribution in [0.3, 0.4) is 0 Å². The van der Waals surface area contributed by atoms with Gasteiger partial charge in [-0.1, -0.05) is 6.92 Å². The number of rotatable bonds is 2. The minimum absolute atomic E-state index is 0.556. The summed E-state index contributed by atoms with van der Waals surface area (Å²) in [5.74, 6) is 0.556. The minimum atomic E-state index is 0.556. The summed E-state index contributed by atoms with van der Waals surface area (Å²) >= 11 is 0. The molecule has 1 saturated heterocycles. The van der Waals surface area contributed by atoms with Gasteiger partial charge in [0.1, 0.15) is 0 Å². The number of nitriles is 1. The Labute approximate surface area is 49.5 Å². The second kappa shape index (κ2) is 2.15. The van der Waals surface area contributed by atoms with Crippen molar-refractivity contribution < 1.29 is 0 Å². The summed E-state index contributed by atoms with van der Waals surface area (Å²) < 4.78 is 0. The second-order valence-corrected chi connectivity index (χ2v) is 2.35. The molecule has 0 radical (unpaired) electrons. The van der Waals surface area contributed by atoms with Gasteiger partial charge in [-0.05, 0) is 5.92 Å². The van der Waals surface area contributed by atoms with Crippen LogP contribution in [-0.2, 0) is 0 Å². The first-order valence-electron chi connectivity index (χ1n) is 2.95. The van der Waals surface area contributed by atoms with E-state index in [1.165, 1.54) is 0 Å². The maximum Gasteiger partial charge on any atom is 0.0625 e. The standard InChI is InChI=1S/C6H10N2/c1-5(2-3-7)6-4-8-6/h5-6,8H,2,4H2,1H3. The van der Waals surface area contributed by atoms with E-state index in [-0.39, 0.29) is 0 Å². The topological polar surface area (TPSA) is 45.7 Å². The van der Waals surface area contributed by atoms with Crippen molar-refractivity contribution in [1.29, 1.82) is 5.26 Å². The number of hydrogen-bond acceptors (Lipinski definition) is 2. The van der Waals surface area contributed by atoms with Crippen LogP contribution in [0.4, 0.5) is 0 Å². The molecule has 2 heteroatoms. The van der Waals surface area contributed by atoms with E-state index in [9.17, 15) is 0 Å². The van der Waals surface area contributed by atoms with E-state index in [1.807, 2.05) is 0 Å². The van der Waals surface area contributed by atoms with Crippen molar-refractivity contribution in [3.05, 3.63) is 0 Å². The van der Waals surface area contributed by atoms with E-state index in [4.69, 9.17) is 5.26 Å². The van der Waals surface area contributed by atoms with Crippen LogP contribution in [0, 0.1) is 17.2 Å². The Morgan fingerprint density at radius 1 is 2.00 bits per heavy atom. The Hall–Kier alpha value is -0.550. The van der Waals surface area contributed by atoms with Gasteiger partial charge in [-0.15, -0.1) is 0 Å². The van der Waals surface area contributed by atoms with Gasteiger partial charge in [0.2, 0.25) is 0 Å². The Morgan fingerprint density at radius 2 is 2.62 bits per heavy atom. The molecule has 2 nitrogen and oxygen atoms in total. The summed E-state index contributed by atoms with van der Waals surface area (Å²) in [5, 5.41) is 11.4. The third-order valence-corrected chi connectivity index (χ3v) is 1.54. The predicted octanol–water partition coefficient (Wildman–Crippen LogP) is 0.508. The van der Waals surface area contributed by atoms with Crippen LogP contribution in [0.2, 0.25) is 0 Å². The quantitative estimate of drug-likeness (QED) is 0.526. The molecule has 44 valence electrons. The minimum Gasteiger partial charge on any atom is -0.311 e. The molecule has 2 atom stereocenters. The first kappa shape index (κ1) is 5.58. The maximum absolute atomic E-state index is 8.24. The molecular weight excluding hydrogens is 100 g/mol. The zero-order valence-electron chi connectivity index (χ0n) is 5.02. The van der Waals surface area contributed by atoms with E-state index < -0.39 is 0 Å². The third kappa shape index (κ3) is 1.21. The fraction of sp³-hybridized carbons (Fsp3) is 0.833. The highest BCUT2D eigenvalue weighted by molar-refractivity contribution is 4.91. The lowest BCUT2D eigenvalue weighted by Crippen LogP contribution is -2.04. The first-order chi connectivity index (χ1) is 3.84. The molecule has 1 fully saturated rings. The van der Waals surface area contributed by atoms with Crippen molar-refractivity contribution in [2.45, 2.75) is 19.4 Å². The highest BCUT2D eigenvalue weighted by Gasteiger charge is 2.26. The highest BCUT2D eigenvalue weighted by atomic mass is 15.1. The Morgan fingerprint density at radius 3 is 3.00 bits per heavy atom. The van der Waals surface area contributed by atoms with Crippen molar-refractivity contribution in [2.75, 3.05) is 6.54 Å². The lowest BCUT2D eigenvalue weighted by Gasteiger charge is -1.98.